The molecule has 7 heteroatoms. The molecule has 1 saturated carbocycles. The number of imidazole rings is 1. The Bertz CT molecular complexity index is 793. The molecule has 1 aromatic heterocycles. The first-order chi connectivity index (χ1) is 11.9. The zero-order valence-electron chi connectivity index (χ0n) is 14.0. The number of likely N-dealkylation sites (tertiary alicyclic amines) is 1. The van der Waals surface area contributed by atoms with Gasteiger partial charge in [-0.1, -0.05) is 6.07 Å². The minimum absolute atomic E-state index is 0.00849. The van der Waals surface area contributed by atoms with E-state index < -0.39 is 11.8 Å². The second kappa shape index (κ2) is 6.05. The number of halogens is 2. The van der Waals surface area contributed by atoms with Gasteiger partial charge in [-0.05, 0) is 37.9 Å². The molecule has 1 aliphatic heterocycles. The fourth-order valence-electron chi connectivity index (χ4n) is 4.18. The zero-order chi connectivity index (χ0) is 17.6. The van der Waals surface area contributed by atoms with Gasteiger partial charge in [-0.3, -0.25) is 9.69 Å². The van der Waals surface area contributed by atoms with Crippen LogP contribution in [0.15, 0.2) is 18.2 Å². The van der Waals surface area contributed by atoms with Crippen LogP contribution < -0.4 is 5.73 Å². The second-order valence-electron chi connectivity index (χ2n) is 7.26. The van der Waals surface area contributed by atoms with Crippen molar-refractivity contribution in [1.82, 2.24) is 14.9 Å². The molecule has 0 spiro atoms. The molecule has 2 aromatic rings. The summed E-state index contributed by atoms with van der Waals surface area (Å²) < 4.78 is 26.7. The first-order valence-corrected chi connectivity index (χ1v) is 8.83. The number of primary amides is 1. The van der Waals surface area contributed by atoms with E-state index in [0.717, 1.165) is 30.9 Å². The predicted octanol–water partition coefficient (Wildman–Crippen LogP) is 3.03. The summed E-state index contributed by atoms with van der Waals surface area (Å²) in [6.45, 7) is 1.72. The SMILES string of the molecule is NC(=O)c1cccc2[nH]c(C3CCN(C4CCC(F)(F)CC4)C3)nc12. The molecule has 1 atom stereocenters. The van der Waals surface area contributed by atoms with Gasteiger partial charge in [0.15, 0.2) is 0 Å². The van der Waals surface area contributed by atoms with Crippen LogP contribution in [0.3, 0.4) is 0 Å². The quantitative estimate of drug-likeness (QED) is 0.895. The number of para-hydroxylation sites is 1. The molecule has 25 heavy (non-hydrogen) atoms. The zero-order valence-corrected chi connectivity index (χ0v) is 14.0. The van der Waals surface area contributed by atoms with Crippen molar-refractivity contribution < 1.29 is 13.6 Å². The molecule has 2 fully saturated rings. The molecule has 1 amide bonds. The van der Waals surface area contributed by atoms with Crippen LogP contribution in [0.1, 0.15) is 54.2 Å². The van der Waals surface area contributed by atoms with Crippen LogP contribution in [0.2, 0.25) is 0 Å². The van der Waals surface area contributed by atoms with Gasteiger partial charge in [-0.15, -0.1) is 0 Å². The Morgan fingerprint density at radius 3 is 2.76 bits per heavy atom. The van der Waals surface area contributed by atoms with Crippen molar-refractivity contribution in [2.45, 2.75) is 50.0 Å². The molecular weight excluding hydrogens is 326 g/mol. The number of aromatic amines is 1. The molecule has 5 nitrogen and oxygen atoms in total. The van der Waals surface area contributed by atoms with Gasteiger partial charge in [-0.25, -0.2) is 13.8 Å². The van der Waals surface area contributed by atoms with Crippen LogP contribution >= 0.6 is 0 Å². The lowest BCUT2D eigenvalue weighted by atomic mass is 9.91. The second-order valence-corrected chi connectivity index (χ2v) is 7.26. The van der Waals surface area contributed by atoms with Crippen molar-refractivity contribution in [3.8, 4) is 0 Å². The van der Waals surface area contributed by atoms with E-state index in [2.05, 4.69) is 14.9 Å². The average Bonchev–Trinajstić information content (AvgIpc) is 3.20. The Labute approximate surface area is 144 Å². The molecule has 134 valence electrons. The van der Waals surface area contributed by atoms with Crippen LogP contribution in [0.25, 0.3) is 11.0 Å². The van der Waals surface area contributed by atoms with Crippen molar-refractivity contribution in [2.24, 2.45) is 5.73 Å². The van der Waals surface area contributed by atoms with Gasteiger partial charge in [0.25, 0.3) is 5.91 Å². The number of carbonyl (C=O) groups is 1. The highest BCUT2D eigenvalue weighted by molar-refractivity contribution is 6.04. The number of rotatable bonds is 3. The van der Waals surface area contributed by atoms with E-state index in [1.165, 1.54) is 0 Å². The number of nitrogens with zero attached hydrogens (tertiary/aromatic N) is 2. The van der Waals surface area contributed by atoms with Gasteiger partial charge in [0.2, 0.25) is 5.92 Å². The van der Waals surface area contributed by atoms with E-state index in [9.17, 15) is 13.6 Å². The molecule has 0 radical (unpaired) electrons. The third kappa shape index (κ3) is 3.13. The van der Waals surface area contributed by atoms with E-state index in [-0.39, 0.29) is 24.8 Å². The van der Waals surface area contributed by atoms with Gasteiger partial charge in [-0.2, -0.15) is 0 Å². The first-order valence-electron chi connectivity index (χ1n) is 8.83. The van der Waals surface area contributed by atoms with E-state index >= 15 is 0 Å². The maximum atomic E-state index is 13.4. The summed E-state index contributed by atoms with van der Waals surface area (Å²) in [5.41, 5.74) is 7.26. The Kier molecular flexibility index (Phi) is 3.98. The molecule has 4 rings (SSSR count). The summed E-state index contributed by atoms with van der Waals surface area (Å²) in [4.78, 5) is 21.8. The number of alkyl halides is 2. The van der Waals surface area contributed by atoms with Crippen molar-refractivity contribution in [1.29, 1.82) is 0 Å². The molecular formula is C18H22F2N4O. The molecule has 1 saturated heterocycles. The lowest BCUT2D eigenvalue weighted by molar-refractivity contribution is -0.0516. The van der Waals surface area contributed by atoms with Crippen molar-refractivity contribution in [3.05, 3.63) is 29.6 Å². The van der Waals surface area contributed by atoms with Gasteiger partial charge in [0.05, 0.1) is 11.1 Å². The highest BCUT2D eigenvalue weighted by Crippen LogP contribution is 2.38. The number of hydrogen-bond acceptors (Lipinski definition) is 3. The van der Waals surface area contributed by atoms with Gasteiger partial charge >= 0.3 is 0 Å². The van der Waals surface area contributed by atoms with Gasteiger partial charge in [0, 0.05) is 31.3 Å². The number of fused-ring (bicyclic) bond motifs is 1. The van der Waals surface area contributed by atoms with Crippen LogP contribution in [0.5, 0.6) is 0 Å². The number of aromatic nitrogens is 2. The van der Waals surface area contributed by atoms with Crippen LogP contribution in [0.4, 0.5) is 8.78 Å². The number of amides is 1. The number of nitrogens with one attached hydrogen (secondary N) is 1. The normalized spacial score (nSPS) is 24.8. The highest BCUT2D eigenvalue weighted by Gasteiger charge is 2.39. The standard InChI is InChI=1S/C18H22F2N4O/c19-18(20)7-4-12(5-8-18)24-9-6-11(10-24)17-22-14-3-1-2-13(16(21)25)15(14)23-17/h1-3,11-12H,4-10H2,(H2,21,25)(H,22,23). The van der Waals surface area contributed by atoms with E-state index in [4.69, 9.17) is 5.73 Å². The van der Waals surface area contributed by atoms with E-state index in [1.54, 1.807) is 12.1 Å². The van der Waals surface area contributed by atoms with E-state index in [1.807, 2.05) is 6.07 Å². The number of carbonyl (C=O) groups excluding carboxylic acids is 1. The highest BCUT2D eigenvalue weighted by atomic mass is 19.3. The lowest BCUT2D eigenvalue weighted by Gasteiger charge is -2.34. The monoisotopic (exact) mass is 348 g/mol. The number of benzene rings is 1. The van der Waals surface area contributed by atoms with Crippen molar-refractivity contribution in [3.63, 3.8) is 0 Å². The third-order valence-electron chi connectivity index (χ3n) is 5.61. The Morgan fingerprint density at radius 1 is 1.28 bits per heavy atom. The van der Waals surface area contributed by atoms with Crippen molar-refractivity contribution in [2.75, 3.05) is 13.1 Å². The molecule has 2 heterocycles. The van der Waals surface area contributed by atoms with E-state index in [0.29, 0.717) is 23.9 Å². The summed E-state index contributed by atoms with van der Waals surface area (Å²) in [7, 11) is 0. The van der Waals surface area contributed by atoms with Crippen LogP contribution in [-0.2, 0) is 0 Å². The average molecular weight is 348 g/mol. The maximum absolute atomic E-state index is 13.4. The molecule has 1 unspecified atom stereocenters. The van der Waals surface area contributed by atoms with Crippen LogP contribution in [-0.4, -0.2) is 45.8 Å². The predicted molar refractivity (Wildman–Crippen MR) is 90.7 cm³/mol. The van der Waals surface area contributed by atoms with Gasteiger partial charge < -0.3 is 10.7 Å². The summed E-state index contributed by atoms with van der Waals surface area (Å²) in [6.07, 6.45) is 2.05. The number of nitrogens with two attached hydrogens (primary N) is 1. The minimum Gasteiger partial charge on any atom is -0.366 e. The van der Waals surface area contributed by atoms with Crippen molar-refractivity contribution >= 4 is 16.9 Å². The molecule has 1 aromatic carbocycles. The molecule has 2 aliphatic rings. The molecule has 1 aliphatic carbocycles. The van der Waals surface area contributed by atoms with Crippen LogP contribution in [0, 0.1) is 0 Å². The topological polar surface area (TPSA) is 75.0 Å². The maximum Gasteiger partial charge on any atom is 0.250 e. The Balaban J connectivity index is 1.50. The number of H-pyrrole nitrogens is 1. The third-order valence-corrected chi connectivity index (χ3v) is 5.61. The first kappa shape index (κ1) is 16.4. The summed E-state index contributed by atoms with van der Waals surface area (Å²) >= 11 is 0. The fourth-order valence-corrected chi connectivity index (χ4v) is 4.18. The lowest BCUT2D eigenvalue weighted by Crippen LogP contribution is -2.39. The minimum atomic E-state index is -2.49. The summed E-state index contributed by atoms with van der Waals surface area (Å²) in [5, 5.41) is 0. The van der Waals surface area contributed by atoms with Gasteiger partial charge in [0.1, 0.15) is 11.3 Å². The Hall–Kier alpha value is -2.02. The Morgan fingerprint density at radius 2 is 2.04 bits per heavy atom. The summed E-state index contributed by atoms with van der Waals surface area (Å²) in [6, 6.07) is 5.59. The molecule has 0 bridgehead atoms. The largest absolute Gasteiger partial charge is 0.366 e. The smallest absolute Gasteiger partial charge is 0.250 e. The molecule has 3 N–H and O–H groups in total. The summed E-state index contributed by atoms with van der Waals surface area (Å²) in [5.74, 6) is -1.89. The fraction of sp³-hybridized carbons (Fsp3) is 0.556. The number of hydrogen-bond donors (Lipinski definition) is 2.